The van der Waals surface area contributed by atoms with Crippen molar-refractivity contribution in [2.45, 2.75) is 31.2 Å². The molecule has 2 bridgehead atoms. The van der Waals surface area contributed by atoms with Gasteiger partial charge in [-0.2, -0.15) is 13.2 Å². The van der Waals surface area contributed by atoms with Crippen LogP contribution in [0.2, 0.25) is 0 Å². The zero-order valence-electron chi connectivity index (χ0n) is 14.1. The van der Waals surface area contributed by atoms with Crippen molar-refractivity contribution in [1.29, 1.82) is 0 Å². The van der Waals surface area contributed by atoms with E-state index >= 15 is 0 Å². The Morgan fingerprint density at radius 1 is 1.12 bits per heavy atom. The molecule has 136 valence electrons. The van der Waals surface area contributed by atoms with E-state index < -0.39 is 11.7 Å². The first-order valence-corrected chi connectivity index (χ1v) is 8.62. The lowest BCUT2D eigenvalue weighted by molar-refractivity contribution is -0.137. The van der Waals surface area contributed by atoms with Crippen LogP contribution in [-0.4, -0.2) is 35.2 Å². The van der Waals surface area contributed by atoms with Crippen LogP contribution in [-0.2, 0) is 17.5 Å². The van der Waals surface area contributed by atoms with Crippen molar-refractivity contribution in [3.05, 3.63) is 71.6 Å². The van der Waals surface area contributed by atoms with Gasteiger partial charge in [-0.05, 0) is 29.7 Å². The van der Waals surface area contributed by atoms with Gasteiger partial charge in [-0.1, -0.05) is 36.4 Å². The van der Waals surface area contributed by atoms with Gasteiger partial charge < -0.3 is 4.74 Å². The molecule has 2 aromatic rings. The molecule has 4 rings (SSSR count). The van der Waals surface area contributed by atoms with Crippen molar-refractivity contribution >= 4 is 5.57 Å². The SMILES string of the molecule is FC(F)(F)c1ccnc(C2=CC3COCC(C2)N3Cc2ccccc2)c1. The third-order valence-electron chi connectivity index (χ3n) is 4.97. The fourth-order valence-electron chi connectivity index (χ4n) is 3.67. The maximum Gasteiger partial charge on any atom is 0.416 e. The molecule has 3 nitrogen and oxygen atoms in total. The van der Waals surface area contributed by atoms with Gasteiger partial charge >= 0.3 is 6.18 Å². The highest BCUT2D eigenvalue weighted by Crippen LogP contribution is 2.35. The molecule has 3 heterocycles. The minimum atomic E-state index is -4.36. The average Bonchev–Trinajstić information content (AvgIpc) is 2.62. The second-order valence-corrected chi connectivity index (χ2v) is 6.74. The molecule has 2 aliphatic rings. The van der Waals surface area contributed by atoms with Crippen LogP contribution < -0.4 is 0 Å². The van der Waals surface area contributed by atoms with Crippen LogP contribution in [0.15, 0.2) is 54.7 Å². The van der Waals surface area contributed by atoms with Crippen LogP contribution in [0, 0.1) is 0 Å². The van der Waals surface area contributed by atoms with E-state index in [0.717, 1.165) is 24.3 Å². The van der Waals surface area contributed by atoms with Crippen molar-refractivity contribution in [2.24, 2.45) is 0 Å². The molecule has 0 radical (unpaired) electrons. The standard InChI is InChI=1S/C20H19F3N2O/c21-20(22,23)16-6-7-24-19(10-16)15-8-17-12-26-13-18(9-15)25(17)11-14-4-2-1-3-5-14/h1-8,10,17-18H,9,11-13H2. The third kappa shape index (κ3) is 3.52. The van der Waals surface area contributed by atoms with Crippen molar-refractivity contribution < 1.29 is 17.9 Å². The van der Waals surface area contributed by atoms with E-state index in [2.05, 4.69) is 22.0 Å². The molecule has 0 saturated carbocycles. The smallest absolute Gasteiger partial charge is 0.378 e. The molecule has 0 N–H and O–H groups in total. The highest BCUT2D eigenvalue weighted by atomic mass is 19.4. The Balaban J connectivity index is 1.61. The van der Waals surface area contributed by atoms with Crippen molar-refractivity contribution in [1.82, 2.24) is 9.88 Å². The van der Waals surface area contributed by atoms with Crippen LogP contribution in [0.1, 0.15) is 23.2 Å². The first kappa shape index (κ1) is 17.2. The molecule has 2 unspecified atom stereocenters. The lowest BCUT2D eigenvalue weighted by Gasteiger charge is -2.44. The van der Waals surface area contributed by atoms with E-state index in [1.54, 1.807) is 0 Å². The van der Waals surface area contributed by atoms with Gasteiger partial charge in [0.25, 0.3) is 0 Å². The summed E-state index contributed by atoms with van der Waals surface area (Å²) in [6.07, 6.45) is -0.467. The number of morpholine rings is 1. The van der Waals surface area contributed by atoms with Gasteiger partial charge in [-0.3, -0.25) is 9.88 Å². The number of ether oxygens (including phenoxy) is 1. The molecule has 0 spiro atoms. The molecule has 1 fully saturated rings. The monoisotopic (exact) mass is 360 g/mol. The second-order valence-electron chi connectivity index (χ2n) is 6.74. The number of hydrogen-bond acceptors (Lipinski definition) is 3. The summed E-state index contributed by atoms with van der Waals surface area (Å²) >= 11 is 0. The molecule has 1 aromatic carbocycles. The van der Waals surface area contributed by atoms with Crippen LogP contribution in [0.4, 0.5) is 13.2 Å². The van der Waals surface area contributed by atoms with Gasteiger partial charge in [-0.25, -0.2) is 0 Å². The van der Waals surface area contributed by atoms with Crippen LogP contribution in [0.25, 0.3) is 5.57 Å². The maximum absolute atomic E-state index is 13.0. The van der Waals surface area contributed by atoms with Crippen LogP contribution in [0.5, 0.6) is 0 Å². The molecule has 1 saturated heterocycles. The Hall–Kier alpha value is -2.18. The lowest BCUT2D eigenvalue weighted by atomic mass is 9.91. The fourth-order valence-corrected chi connectivity index (χ4v) is 3.67. The fraction of sp³-hybridized carbons (Fsp3) is 0.350. The molecule has 2 aliphatic heterocycles. The molecule has 0 aliphatic carbocycles. The number of rotatable bonds is 3. The van der Waals surface area contributed by atoms with E-state index in [1.165, 1.54) is 11.8 Å². The average molecular weight is 360 g/mol. The summed E-state index contributed by atoms with van der Waals surface area (Å²) in [7, 11) is 0. The summed E-state index contributed by atoms with van der Waals surface area (Å²) in [6, 6.07) is 12.5. The number of halogens is 3. The van der Waals surface area contributed by atoms with Crippen LogP contribution in [0.3, 0.4) is 0 Å². The Morgan fingerprint density at radius 3 is 2.65 bits per heavy atom. The maximum atomic E-state index is 13.0. The number of hydrogen-bond donors (Lipinski definition) is 0. The second kappa shape index (κ2) is 6.85. The van der Waals surface area contributed by atoms with E-state index in [4.69, 9.17) is 4.74 Å². The third-order valence-corrected chi connectivity index (χ3v) is 4.97. The van der Waals surface area contributed by atoms with E-state index in [1.807, 2.05) is 24.3 Å². The Bertz CT molecular complexity index is 804. The first-order valence-electron chi connectivity index (χ1n) is 8.62. The number of alkyl halides is 3. The molecular weight excluding hydrogens is 341 g/mol. The van der Waals surface area contributed by atoms with Crippen molar-refractivity contribution in [2.75, 3.05) is 13.2 Å². The Morgan fingerprint density at radius 2 is 1.92 bits per heavy atom. The van der Waals surface area contributed by atoms with Gasteiger partial charge in [-0.15, -0.1) is 0 Å². The first-order chi connectivity index (χ1) is 12.5. The summed E-state index contributed by atoms with van der Waals surface area (Å²) in [4.78, 5) is 6.56. The van der Waals surface area contributed by atoms with Gasteiger partial charge in [0.2, 0.25) is 0 Å². The summed E-state index contributed by atoms with van der Waals surface area (Å²) in [5.74, 6) is 0. The predicted molar refractivity (Wildman–Crippen MR) is 92.2 cm³/mol. The topological polar surface area (TPSA) is 25.4 Å². The quantitative estimate of drug-likeness (QED) is 0.822. The number of pyridine rings is 1. The van der Waals surface area contributed by atoms with E-state index in [0.29, 0.717) is 25.3 Å². The molecule has 26 heavy (non-hydrogen) atoms. The largest absolute Gasteiger partial charge is 0.416 e. The molecular formula is C20H19F3N2O. The van der Waals surface area contributed by atoms with E-state index in [9.17, 15) is 13.2 Å². The molecule has 1 aromatic heterocycles. The zero-order valence-corrected chi connectivity index (χ0v) is 14.1. The number of nitrogens with zero attached hydrogens (tertiary/aromatic N) is 2. The van der Waals surface area contributed by atoms with Crippen molar-refractivity contribution in [3.63, 3.8) is 0 Å². The van der Waals surface area contributed by atoms with Crippen LogP contribution >= 0.6 is 0 Å². The van der Waals surface area contributed by atoms with Gasteiger partial charge in [0.05, 0.1) is 30.5 Å². The molecule has 6 heteroatoms. The van der Waals surface area contributed by atoms with Gasteiger partial charge in [0.15, 0.2) is 0 Å². The lowest BCUT2D eigenvalue weighted by Crippen LogP contribution is -2.53. The predicted octanol–water partition coefficient (Wildman–Crippen LogP) is 4.16. The van der Waals surface area contributed by atoms with Crippen molar-refractivity contribution in [3.8, 4) is 0 Å². The minimum Gasteiger partial charge on any atom is -0.378 e. The highest BCUT2D eigenvalue weighted by Gasteiger charge is 2.36. The molecule has 2 atom stereocenters. The van der Waals surface area contributed by atoms with Gasteiger partial charge in [0, 0.05) is 18.8 Å². The highest BCUT2D eigenvalue weighted by molar-refractivity contribution is 5.65. The summed E-state index contributed by atoms with van der Waals surface area (Å²) in [6.45, 7) is 1.94. The Labute approximate surface area is 150 Å². The number of aromatic nitrogens is 1. The number of benzene rings is 1. The van der Waals surface area contributed by atoms with E-state index in [-0.39, 0.29) is 12.1 Å². The van der Waals surface area contributed by atoms with Gasteiger partial charge in [0.1, 0.15) is 0 Å². The minimum absolute atomic E-state index is 0.0500. The zero-order chi connectivity index (χ0) is 18.1. The summed E-state index contributed by atoms with van der Waals surface area (Å²) in [5, 5.41) is 0. The normalized spacial score (nSPS) is 23.6. The molecule has 0 amide bonds. The Kier molecular flexibility index (Phi) is 4.54. The summed E-state index contributed by atoms with van der Waals surface area (Å²) in [5.41, 5.74) is 1.85. The summed E-state index contributed by atoms with van der Waals surface area (Å²) < 4.78 is 44.7. The number of fused-ring (bicyclic) bond motifs is 2.